The summed E-state index contributed by atoms with van der Waals surface area (Å²) >= 11 is 0. The summed E-state index contributed by atoms with van der Waals surface area (Å²) in [6, 6.07) is 0.350. The molecule has 2 rings (SSSR count). The van der Waals surface area contributed by atoms with Crippen molar-refractivity contribution in [2.45, 2.75) is 31.8 Å². The maximum Gasteiger partial charge on any atom is 0.317 e. The Morgan fingerprint density at radius 3 is 2.75 bits per heavy atom. The number of hydrogen-bond acceptors (Lipinski definition) is 4. The van der Waals surface area contributed by atoms with E-state index in [0.29, 0.717) is 12.2 Å². The van der Waals surface area contributed by atoms with Crippen LogP contribution in [0, 0.1) is 0 Å². The second kappa shape index (κ2) is 6.04. The Bertz CT molecular complexity index is 494. The maximum absolute atomic E-state index is 11.9. The zero-order chi connectivity index (χ0) is 14.7. The van der Waals surface area contributed by atoms with E-state index in [2.05, 4.69) is 10.3 Å². The quantitative estimate of drug-likeness (QED) is 0.771. The van der Waals surface area contributed by atoms with Crippen molar-refractivity contribution in [1.29, 1.82) is 0 Å². The van der Waals surface area contributed by atoms with Crippen molar-refractivity contribution in [2.24, 2.45) is 7.05 Å². The number of carboxylic acid groups (broad SMARTS) is 1. The number of aryl methyl sites for hydroxylation is 1. The first-order chi connectivity index (χ1) is 9.49. The summed E-state index contributed by atoms with van der Waals surface area (Å²) in [7, 11) is 1.81. The molecule has 0 bridgehead atoms. The van der Waals surface area contributed by atoms with Gasteiger partial charge in [-0.05, 0) is 19.4 Å². The molecule has 1 heterocycles. The average Bonchev–Trinajstić information content (AvgIpc) is 2.77. The molecule has 20 heavy (non-hydrogen) atoms. The van der Waals surface area contributed by atoms with Crippen LogP contribution in [0.1, 0.15) is 30.3 Å². The van der Waals surface area contributed by atoms with Crippen molar-refractivity contribution in [3.8, 4) is 0 Å². The molecular formula is C13H20N4O3. The Morgan fingerprint density at radius 1 is 1.55 bits per heavy atom. The molecule has 1 saturated carbocycles. The summed E-state index contributed by atoms with van der Waals surface area (Å²) in [5, 5.41) is 11.7. The van der Waals surface area contributed by atoms with Gasteiger partial charge in [0.25, 0.3) is 5.91 Å². The van der Waals surface area contributed by atoms with Gasteiger partial charge in [-0.2, -0.15) is 0 Å². The molecule has 1 aliphatic rings. The molecule has 0 spiro atoms. The molecule has 0 aromatic carbocycles. The highest BCUT2D eigenvalue weighted by Crippen LogP contribution is 2.25. The summed E-state index contributed by atoms with van der Waals surface area (Å²) in [6.45, 7) is 2.71. The highest BCUT2D eigenvalue weighted by Gasteiger charge is 2.34. The number of hydrogen-bond donors (Lipinski definition) is 2. The highest BCUT2D eigenvalue weighted by molar-refractivity contribution is 5.92. The van der Waals surface area contributed by atoms with Crippen LogP contribution < -0.4 is 5.32 Å². The van der Waals surface area contributed by atoms with Crippen molar-refractivity contribution in [1.82, 2.24) is 19.8 Å². The largest absolute Gasteiger partial charge is 0.480 e. The van der Waals surface area contributed by atoms with Gasteiger partial charge in [0.1, 0.15) is 5.69 Å². The standard InChI is InChI=1S/C13H20N4O3/c1-3-17(7-12(18)19)10-4-9(5-10)15-13(20)11-6-16(2)8-14-11/h6,8-10H,3-5,7H2,1-2H3,(H,15,20)(H,18,19). The molecule has 0 aliphatic heterocycles. The number of likely N-dealkylation sites (N-methyl/N-ethyl adjacent to an activating group) is 1. The summed E-state index contributed by atoms with van der Waals surface area (Å²) in [6.07, 6.45) is 4.85. The second-order valence-electron chi connectivity index (χ2n) is 5.18. The molecule has 110 valence electrons. The van der Waals surface area contributed by atoms with Crippen molar-refractivity contribution in [3.63, 3.8) is 0 Å². The monoisotopic (exact) mass is 280 g/mol. The predicted octanol–water partition coefficient (Wildman–Crippen LogP) is 0.0874. The number of carbonyl (C=O) groups is 2. The fourth-order valence-corrected chi connectivity index (χ4v) is 2.47. The number of carbonyl (C=O) groups excluding carboxylic acids is 1. The van der Waals surface area contributed by atoms with Crippen molar-refractivity contribution < 1.29 is 14.7 Å². The average molecular weight is 280 g/mol. The molecule has 2 N–H and O–H groups in total. The first-order valence-corrected chi connectivity index (χ1v) is 6.74. The van der Waals surface area contributed by atoms with Gasteiger partial charge >= 0.3 is 5.97 Å². The van der Waals surface area contributed by atoms with E-state index in [0.717, 1.165) is 12.8 Å². The molecule has 1 aromatic heterocycles. The number of nitrogens with one attached hydrogen (secondary N) is 1. The Balaban J connectivity index is 1.78. The third-order valence-corrected chi connectivity index (χ3v) is 3.65. The fourth-order valence-electron chi connectivity index (χ4n) is 2.47. The van der Waals surface area contributed by atoms with Crippen LogP contribution >= 0.6 is 0 Å². The third-order valence-electron chi connectivity index (χ3n) is 3.65. The van der Waals surface area contributed by atoms with Crippen LogP contribution in [0.25, 0.3) is 0 Å². The molecule has 0 saturated heterocycles. The normalized spacial score (nSPS) is 21.6. The smallest absolute Gasteiger partial charge is 0.317 e. The first kappa shape index (κ1) is 14.5. The summed E-state index contributed by atoms with van der Waals surface area (Å²) in [5.74, 6) is -0.983. The van der Waals surface area contributed by atoms with Crippen LogP contribution in [-0.2, 0) is 11.8 Å². The fraction of sp³-hybridized carbons (Fsp3) is 0.615. The van der Waals surface area contributed by atoms with Crippen LogP contribution in [0.2, 0.25) is 0 Å². The molecule has 1 aliphatic carbocycles. The van der Waals surface area contributed by atoms with E-state index >= 15 is 0 Å². The Morgan fingerprint density at radius 2 is 2.25 bits per heavy atom. The molecule has 0 unspecified atom stereocenters. The summed E-state index contributed by atoms with van der Waals surface area (Å²) in [5.41, 5.74) is 0.411. The Kier molecular flexibility index (Phi) is 4.39. The minimum atomic E-state index is -0.812. The molecule has 1 aromatic rings. The van der Waals surface area contributed by atoms with Gasteiger partial charge in [0.15, 0.2) is 0 Å². The van der Waals surface area contributed by atoms with Crippen LogP contribution in [0.5, 0.6) is 0 Å². The van der Waals surface area contributed by atoms with Gasteiger partial charge in [0.2, 0.25) is 0 Å². The van der Waals surface area contributed by atoms with Gasteiger partial charge in [-0.25, -0.2) is 4.98 Å². The lowest BCUT2D eigenvalue weighted by Gasteiger charge is -2.42. The summed E-state index contributed by atoms with van der Waals surface area (Å²) < 4.78 is 1.73. The number of carboxylic acids is 1. The van der Waals surface area contributed by atoms with Gasteiger partial charge in [-0.1, -0.05) is 6.92 Å². The number of aromatic nitrogens is 2. The topological polar surface area (TPSA) is 87.5 Å². The third kappa shape index (κ3) is 3.36. The minimum Gasteiger partial charge on any atom is -0.480 e. The molecule has 0 atom stereocenters. The van der Waals surface area contributed by atoms with Gasteiger partial charge in [-0.3, -0.25) is 14.5 Å². The van der Waals surface area contributed by atoms with E-state index in [1.54, 1.807) is 17.1 Å². The van der Waals surface area contributed by atoms with E-state index in [1.165, 1.54) is 0 Å². The van der Waals surface area contributed by atoms with E-state index in [4.69, 9.17) is 5.11 Å². The molecule has 0 radical (unpaired) electrons. The van der Waals surface area contributed by atoms with Crippen LogP contribution in [0.15, 0.2) is 12.5 Å². The summed E-state index contributed by atoms with van der Waals surface area (Å²) in [4.78, 5) is 28.6. The second-order valence-corrected chi connectivity index (χ2v) is 5.18. The zero-order valence-corrected chi connectivity index (χ0v) is 11.7. The highest BCUT2D eigenvalue weighted by atomic mass is 16.4. The molecule has 1 fully saturated rings. The van der Waals surface area contributed by atoms with E-state index in [9.17, 15) is 9.59 Å². The van der Waals surface area contributed by atoms with Crippen molar-refractivity contribution in [3.05, 3.63) is 18.2 Å². The first-order valence-electron chi connectivity index (χ1n) is 6.74. The van der Waals surface area contributed by atoms with Crippen molar-refractivity contribution in [2.75, 3.05) is 13.1 Å². The maximum atomic E-state index is 11.9. The van der Waals surface area contributed by atoms with Gasteiger partial charge in [0.05, 0.1) is 12.9 Å². The Hall–Kier alpha value is -1.89. The molecule has 7 heteroatoms. The van der Waals surface area contributed by atoms with Gasteiger partial charge in [0, 0.05) is 25.3 Å². The van der Waals surface area contributed by atoms with Gasteiger partial charge in [-0.15, -0.1) is 0 Å². The number of amides is 1. The lowest BCUT2D eigenvalue weighted by molar-refractivity contribution is -0.139. The van der Waals surface area contributed by atoms with Crippen LogP contribution in [0.3, 0.4) is 0 Å². The van der Waals surface area contributed by atoms with Crippen LogP contribution in [-0.4, -0.2) is 56.6 Å². The van der Waals surface area contributed by atoms with E-state index in [1.807, 2.05) is 18.9 Å². The lowest BCUT2D eigenvalue weighted by Crippen LogP contribution is -2.54. The zero-order valence-electron chi connectivity index (χ0n) is 11.7. The van der Waals surface area contributed by atoms with E-state index in [-0.39, 0.29) is 24.5 Å². The number of aliphatic carboxylic acids is 1. The van der Waals surface area contributed by atoms with Crippen LogP contribution in [0.4, 0.5) is 0 Å². The molecule has 1 amide bonds. The molecule has 7 nitrogen and oxygen atoms in total. The number of imidazole rings is 1. The van der Waals surface area contributed by atoms with E-state index < -0.39 is 5.97 Å². The Labute approximate surface area is 117 Å². The SMILES string of the molecule is CCN(CC(=O)O)C1CC(NC(=O)c2cn(C)cn2)C1. The van der Waals surface area contributed by atoms with Gasteiger partial charge < -0.3 is 15.0 Å². The molecular weight excluding hydrogens is 260 g/mol. The lowest BCUT2D eigenvalue weighted by atomic mass is 9.85. The predicted molar refractivity (Wildman–Crippen MR) is 72.4 cm³/mol. The number of rotatable bonds is 6. The number of nitrogens with zero attached hydrogens (tertiary/aromatic N) is 3. The minimum absolute atomic E-state index is 0.0576. The van der Waals surface area contributed by atoms with Crippen molar-refractivity contribution >= 4 is 11.9 Å².